The number of hydrogen-bond acceptors (Lipinski definition) is 3. The van der Waals surface area contributed by atoms with Crippen LogP contribution in [-0.2, 0) is 4.79 Å². The highest BCUT2D eigenvalue weighted by Gasteiger charge is 2.19. The average Bonchev–Trinajstić information content (AvgIpc) is 2.06. The number of nitrogens with two attached hydrogens (primary N) is 1. The number of carbonyl (C=O) groups excluding carboxylic acids is 1. The van der Waals surface area contributed by atoms with Crippen molar-refractivity contribution in [3.63, 3.8) is 0 Å². The van der Waals surface area contributed by atoms with Crippen molar-refractivity contribution < 1.29 is 4.79 Å². The molecule has 1 heterocycles. The van der Waals surface area contributed by atoms with Gasteiger partial charge in [-0.1, -0.05) is 12.2 Å². The Balaban J connectivity index is 2.24. The molecule has 4 nitrogen and oxygen atoms in total. The summed E-state index contributed by atoms with van der Waals surface area (Å²) in [6, 6.07) is 0.329. The predicted octanol–water partition coefficient (Wildman–Crippen LogP) is -0.127. The highest BCUT2D eigenvalue weighted by atomic mass is 32.1. The third-order valence-electron chi connectivity index (χ3n) is 2.37. The fourth-order valence-electron chi connectivity index (χ4n) is 1.74. The van der Waals surface area contributed by atoms with Gasteiger partial charge in [-0.15, -0.1) is 0 Å². The Kier molecular flexibility index (Phi) is 4.28. The van der Waals surface area contributed by atoms with Crippen molar-refractivity contribution >= 4 is 23.1 Å². The standard InChI is InChI=1S/C9H17N3OS/c1-7(13)11-8-2-4-12(5-3-8)6-9(10)14/h8H,2-6H2,1H3,(H2,10,14)(H,11,13). The molecule has 0 unspecified atom stereocenters. The van der Waals surface area contributed by atoms with Gasteiger partial charge in [0.2, 0.25) is 5.91 Å². The van der Waals surface area contributed by atoms with E-state index in [-0.39, 0.29) is 5.91 Å². The first-order valence-electron chi connectivity index (χ1n) is 4.85. The summed E-state index contributed by atoms with van der Waals surface area (Å²) in [5, 5.41) is 2.93. The summed E-state index contributed by atoms with van der Waals surface area (Å²) < 4.78 is 0. The zero-order chi connectivity index (χ0) is 10.6. The molecule has 1 aliphatic rings. The monoisotopic (exact) mass is 215 g/mol. The van der Waals surface area contributed by atoms with Crippen LogP contribution in [-0.4, -0.2) is 41.5 Å². The van der Waals surface area contributed by atoms with E-state index in [1.165, 1.54) is 0 Å². The average molecular weight is 215 g/mol. The normalized spacial score (nSPS) is 19.2. The fourth-order valence-corrected chi connectivity index (χ4v) is 1.93. The van der Waals surface area contributed by atoms with Crippen LogP contribution in [0.4, 0.5) is 0 Å². The van der Waals surface area contributed by atoms with E-state index < -0.39 is 0 Å². The van der Waals surface area contributed by atoms with Gasteiger partial charge in [0, 0.05) is 32.6 Å². The molecule has 1 aliphatic heterocycles. The lowest BCUT2D eigenvalue weighted by atomic mass is 10.1. The van der Waals surface area contributed by atoms with E-state index in [0.29, 0.717) is 17.6 Å². The molecular formula is C9H17N3OS. The van der Waals surface area contributed by atoms with Crippen molar-refractivity contribution in [3.05, 3.63) is 0 Å². The lowest BCUT2D eigenvalue weighted by Gasteiger charge is -2.31. The van der Waals surface area contributed by atoms with E-state index in [1.54, 1.807) is 6.92 Å². The van der Waals surface area contributed by atoms with Crippen LogP contribution < -0.4 is 11.1 Å². The zero-order valence-electron chi connectivity index (χ0n) is 8.45. The Morgan fingerprint density at radius 2 is 2.14 bits per heavy atom. The van der Waals surface area contributed by atoms with E-state index in [2.05, 4.69) is 10.2 Å². The fraction of sp³-hybridized carbons (Fsp3) is 0.778. The van der Waals surface area contributed by atoms with E-state index in [9.17, 15) is 4.79 Å². The molecule has 0 aromatic carbocycles. The Bertz CT molecular complexity index is 200. The highest BCUT2D eigenvalue weighted by molar-refractivity contribution is 7.80. The van der Waals surface area contributed by atoms with Crippen LogP contribution in [0.2, 0.25) is 0 Å². The molecule has 0 bridgehead atoms. The molecule has 0 spiro atoms. The van der Waals surface area contributed by atoms with Gasteiger partial charge in [-0.2, -0.15) is 0 Å². The van der Waals surface area contributed by atoms with Crippen molar-refractivity contribution in [2.24, 2.45) is 5.73 Å². The maximum atomic E-state index is 10.8. The minimum Gasteiger partial charge on any atom is -0.392 e. The Hall–Kier alpha value is -0.680. The summed E-state index contributed by atoms with van der Waals surface area (Å²) in [5.41, 5.74) is 5.46. The van der Waals surface area contributed by atoms with Gasteiger partial charge < -0.3 is 11.1 Å². The zero-order valence-corrected chi connectivity index (χ0v) is 9.27. The number of hydrogen-bond donors (Lipinski definition) is 2. The summed E-state index contributed by atoms with van der Waals surface area (Å²) in [6.07, 6.45) is 1.98. The largest absolute Gasteiger partial charge is 0.392 e. The molecule has 5 heteroatoms. The van der Waals surface area contributed by atoms with Crippen molar-refractivity contribution in [2.75, 3.05) is 19.6 Å². The molecule has 1 amide bonds. The molecule has 0 atom stereocenters. The van der Waals surface area contributed by atoms with E-state index >= 15 is 0 Å². The molecule has 0 aromatic rings. The van der Waals surface area contributed by atoms with Crippen molar-refractivity contribution in [1.29, 1.82) is 0 Å². The first kappa shape index (κ1) is 11.4. The summed E-state index contributed by atoms with van der Waals surface area (Å²) in [7, 11) is 0. The molecule has 0 saturated carbocycles. The third kappa shape index (κ3) is 4.02. The molecule has 0 aliphatic carbocycles. The van der Waals surface area contributed by atoms with Gasteiger partial charge in [-0.05, 0) is 12.8 Å². The predicted molar refractivity (Wildman–Crippen MR) is 60.1 cm³/mol. The number of amides is 1. The molecular weight excluding hydrogens is 198 g/mol. The second-order valence-electron chi connectivity index (χ2n) is 3.72. The minimum atomic E-state index is 0.0535. The summed E-state index contributed by atoms with van der Waals surface area (Å²) in [6.45, 7) is 4.17. The summed E-state index contributed by atoms with van der Waals surface area (Å²) in [4.78, 5) is 13.6. The SMILES string of the molecule is CC(=O)NC1CCN(CC(N)=S)CC1. The Morgan fingerprint density at radius 1 is 1.57 bits per heavy atom. The van der Waals surface area contributed by atoms with Crippen molar-refractivity contribution in [2.45, 2.75) is 25.8 Å². The molecule has 80 valence electrons. The quantitative estimate of drug-likeness (QED) is 0.644. The Morgan fingerprint density at radius 3 is 2.57 bits per heavy atom. The number of rotatable bonds is 3. The lowest BCUT2D eigenvalue weighted by Crippen LogP contribution is -2.46. The molecule has 1 fully saturated rings. The van der Waals surface area contributed by atoms with E-state index in [0.717, 1.165) is 25.9 Å². The Labute approximate surface area is 89.8 Å². The third-order valence-corrected chi connectivity index (χ3v) is 2.50. The first-order chi connectivity index (χ1) is 6.58. The minimum absolute atomic E-state index is 0.0535. The van der Waals surface area contributed by atoms with Gasteiger partial charge in [-0.25, -0.2) is 0 Å². The number of nitrogens with zero attached hydrogens (tertiary/aromatic N) is 1. The van der Waals surface area contributed by atoms with Crippen LogP contribution in [0.3, 0.4) is 0 Å². The number of likely N-dealkylation sites (tertiary alicyclic amines) is 1. The van der Waals surface area contributed by atoms with Gasteiger partial charge in [0.05, 0.1) is 4.99 Å². The highest BCUT2D eigenvalue weighted by Crippen LogP contribution is 2.09. The van der Waals surface area contributed by atoms with Gasteiger partial charge in [-0.3, -0.25) is 9.69 Å². The second-order valence-corrected chi connectivity index (χ2v) is 4.24. The van der Waals surface area contributed by atoms with Gasteiger partial charge in [0.25, 0.3) is 0 Å². The van der Waals surface area contributed by atoms with Crippen LogP contribution in [0.15, 0.2) is 0 Å². The van der Waals surface area contributed by atoms with Gasteiger partial charge in [0.15, 0.2) is 0 Å². The van der Waals surface area contributed by atoms with Crippen LogP contribution >= 0.6 is 12.2 Å². The van der Waals surface area contributed by atoms with E-state index in [1.807, 2.05) is 0 Å². The molecule has 1 saturated heterocycles. The molecule has 0 aromatic heterocycles. The van der Waals surface area contributed by atoms with Crippen LogP contribution in [0.5, 0.6) is 0 Å². The summed E-state index contributed by atoms with van der Waals surface area (Å²) >= 11 is 4.84. The smallest absolute Gasteiger partial charge is 0.217 e. The molecule has 1 rings (SSSR count). The van der Waals surface area contributed by atoms with E-state index in [4.69, 9.17) is 18.0 Å². The van der Waals surface area contributed by atoms with Crippen molar-refractivity contribution in [1.82, 2.24) is 10.2 Å². The molecule has 3 N–H and O–H groups in total. The van der Waals surface area contributed by atoms with Crippen LogP contribution in [0.25, 0.3) is 0 Å². The summed E-state index contributed by atoms with van der Waals surface area (Å²) in [5.74, 6) is 0.0535. The second kappa shape index (κ2) is 5.26. The first-order valence-corrected chi connectivity index (χ1v) is 5.26. The maximum absolute atomic E-state index is 10.8. The van der Waals surface area contributed by atoms with Crippen LogP contribution in [0.1, 0.15) is 19.8 Å². The number of nitrogens with one attached hydrogen (secondary N) is 1. The topological polar surface area (TPSA) is 58.4 Å². The van der Waals surface area contributed by atoms with Crippen LogP contribution in [0, 0.1) is 0 Å². The number of piperidine rings is 1. The maximum Gasteiger partial charge on any atom is 0.217 e. The van der Waals surface area contributed by atoms with Crippen molar-refractivity contribution in [3.8, 4) is 0 Å². The number of carbonyl (C=O) groups is 1. The lowest BCUT2D eigenvalue weighted by molar-refractivity contribution is -0.119. The molecule has 0 radical (unpaired) electrons. The number of thiocarbonyl (C=S) groups is 1. The van der Waals surface area contributed by atoms with Gasteiger partial charge in [0.1, 0.15) is 0 Å². The molecule has 14 heavy (non-hydrogen) atoms. The van der Waals surface area contributed by atoms with Gasteiger partial charge >= 0.3 is 0 Å².